The van der Waals surface area contributed by atoms with E-state index in [1.807, 2.05) is 43.3 Å². The number of amides is 1. The average Bonchev–Trinajstić information content (AvgIpc) is 2.87. The SMILES string of the molecule is COC(=O)/C=C1/SC(N/N=C/c2ccc(N(C)C)cc2)NC1=O. The smallest absolute Gasteiger partial charge is 0.331 e. The maximum absolute atomic E-state index is 11.7. The number of methoxy groups -OCH3 is 1. The molecule has 122 valence electrons. The molecular weight excluding hydrogens is 316 g/mol. The number of hydrogen-bond acceptors (Lipinski definition) is 7. The van der Waals surface area contributed by atoms with Gasteiger partial charge < -0.3 is 15.0 Å². The van der Waals surface area contributed by atoms with E-state index in [2.05, 4.69) is 20.6 Å². The van der Waals surface area contributed by atoms with Crippen LogP contribution in [-0.2, 0) is 14.3 Å². The number of benzene rings is 1. The van der Waals surface area contributed by atoms with E-state index in [9.17, 15) is 9.59 Å². The minimum Gasteiger partial charge on any atom is -0.466 e. The fourth-order valence-electron chi connectivity index (χ4n) is 1.76. The lowest BCUT2D eigenvalue weighted by atomic mass is 10.2. The molecule has 0 spiro atoms. The predicted octanol–water partition coefficient (Wildman–Crippen LogP) is 0.880. The zero-order valence-electron chi connectivity index (χ0n) is 13.1. The number of anilines is 1. The Balaban J connectivity index is 1.90. The number of hydrogen-bond donors (Lipinski definition) is 2. The summed E-state index contributed by atoms with van der Waals surface area (Å²) in [5.41, 5.74) is 4.43. The molecule has 1 amide bonds. The highest BCUT2D eigenvalue weighted by molar-refractivity contribution is 8.05. The molecule has 7 nitrogen and oxygen atoms in total. The molecule has 1 aromatic rings. The van der Waals surface area contributed by atoms with Gasteiger partial charge in [-0.3, -0.25) is 10.2 Å². The van der Waals surface area contributed by atoms with Crippen molar-refractivity contribution in [3.8, 4) is 0 Å². The van der Waals surface area contributed by atoms with Crippen LogP contribution >= 0.6 is 11.8 Å². The quantitative estimate of drug-likeness (QED) is 0.360. The van der Waals surface area contributed by atoms with Crippen molar-refractivity contribution in [2.45, 2.75) is 5.50 Å². The Bertz CT molecular complexity index is 641. The first-order chi connectivity index (χ1) is 11.0. The average molecular weight is 334 g/mol. The summed E-state index contributed by atoms with van der Waals surface area (Å²) in [6.45, 7) is 0. The van der Waals surface area contributed by atoms with Crippen LogP contribution in [0.15, 0.2) is 40.3 Å². The molecule has 0 bridgehead atoms. The van der Waals surface area contributed by atoms with Crippen molar-refractivity contribution in [3.63, 3.8) is 0 Å². The van der Waals surface area contributed by atoms with Gasteiger partial charge in [-0.25, -0.2) is 4.79 Å². The lowest BCUT2D eigenvalue weighted by Crippen LogP contribution is -2.34. The molecule has 23 heavy (non-hydrogen) atoms. The van der Waals surface area contributed by atoms with Gasteiger partial charge in [0.05, 0.1) is 18.2 Å². The largest absolute Gasteiger partial charge is 0.466 e. The first-order valence-electron chi connectivity index (χ1n) is 6.83. The third-order valence-corrected chi connectivity index (χ3v) is 4.01. The first kappa shape index (κ1) is 16.9. The van der Waals surface area contributed by atoms with Gasteiger partial charge in [-0.1, -0.05) is 23.9 Å². The van der Waals surface area contributed by atoms with Gasteiger partial charge in [0.25, 0.3) is 5.91 Å². The van der Waals surface area contributed by atoms with Crippen LogP contribution in [0, 0.1) is 0 Å². The van der Waals surface area contributed by atoms with Gasteiger partial charge in [0.2, 0.25) is 0 Å². The van der Waals surface area contributed by atoms with E-state index in [4.69, 9.17) is 0 Å². The Morgan fingerprint density at radius 1 is 1.39 bits per heavy atom. The number of carbonyl (C=O) groups excluding carboxylic acids is 2. The number of nitrogens with one attached hydrogen (secondary N) is 2. The maximum Gasteiger partial charge on any atom is 0.331 e. The molecule has 1 saturated heterocycles. The molecule has 2 N–H and O–H groups in total. The second-order valence-electron chi connectivity index (χ2n) is 4.88. The summed E-state index contributed by atoms with van der Waals surface area (Å²) in [5, 5.41) is 6.76. The second kappa shape index (κ2) is 7.68. The molecule has 1 aliphatic rings. The topological polar surface area (TPSA) is 83.0 Å². The van der Waals surface area contributed by atoms with Crippen LogP contribution in [0.25, 0.3) is 0 Å². The van der Waals surface area contributed by atoms with Gasteiger partial charge in [-0.15, -0.1) is 0 Å². The molecule has 2 rings (SSSR count). The van der Waals surface area contributed by atoms with Gasteiger partial charge in [0, 0.05) is 25.9 Å². The van der Waals surface area contributed by atoms with Gasteiger partial charge >= 0.3 is 5.97 Å². The van der Waals surface area contributed by atoms with E-state index < -0.39 is 11.5 Å². The van der Waals surface area contributed by atoms with Crippen molar-refractivity contribution in [2.24, 2.45) is 5.10 Å². The third-order valence-electron chi connectivity index (χ3n) is 3.00. The predicted molar refractivity (Wildman–Crippen MR) is 91.1 cm³/mol. The zero-order chi connectivity index (χ0) is 16.8. The number of thioether (sulfide) groups is 1. The Labute approximate surface area is 138 Å². The molecule has 1 unspecified atom stereocenters. The van der Waals surface area contributed by atoms with E-state index in [1.54, 1.807) is 6.21 Å². The maximum atomic E-state index is 11.7. The number of rotatable bonds is 5. The second-order valence-corrected chi connectivity index (χ2v) is 6.02. The molecule has 1 heterocycles. The minimum atomic E-state index is -0.562. The molecule has 0 aromatic heterocycles. The lowest BCUT2D eigenvalue weighted by molar-refractivity contribution is -0.135. The number of carbonyl (C=O) groups is 2. The summed E-state index contributed by atoms with van der Waals surface area (Å²) < 4.78 is 4.50. The van der Waals surface area contributed by atoms with Gasteiger partial charge in [0.1, 0.15) is 0 Å². The van der Waals surface area contributed by atoms with Crippen molar-refractivity contribution in [2.75, 3.05) is 26.1 Å². The monoisotopic (exact) mass is 334 g/mol. The first-order valence-corrected chi connectivity index (χ1v) is 7.70. The van der Waals surface area contributed by atoms with Crippen LogP contribution in [0.2, 0.25) is 0 Å². The highest BCUT2D eigenvalue weighted by Crippen LogP contribution is 2.25. The van der Waals surface area contributed by atoms with Crippen LogP contribution in [0.4, 0.5) is 5.69 Å². The Hall–Kier alpha value is -2.48. The molecule has 1 atom stereocenters. The Morgan fingerprint density at radius 3 is 2.70 bits per heavy atom. The summed E-state index contributed by atoms with van der Waals surface area (Å²) in [6.07, 6.45) is 2.82. The highest BCUT2D eigenvalue weighted by Gasteiger charge is 2.27. The number of ether oxygens (including phenoxy) is 1. The van der Waals surface area contributed by atoms with Crippen LogP contribution in [0.5, 0.6) is 0 Å². The fourth-order valence-corrected chi connectivity index (χ4v) is 2.63. The molecular formula is C15H18N4O3S. The van der Waals surface area contributed by atoms with Crippen LogP contribution < -0.4 is 15.6 Å². The van der Waals surface area contributed by atoms with Crippen LogP contribution in [0.1, 0.15) is 5.56 Å². The molecule has 1 fully saturated rings. The molecule has 0 radical (unpaired) electrons. The van der Waals surface area contributed by atoms with Crippen LogP contribution in [0.3, 0.4) is 0 Å². The van der Waals surface area contributed by atoms with Crippen molar-refractivity contribution < 1.29 is 14.3 Å². The Morgan fingerprint density at radius 2 is 2.09 bits per heavy atom. The summed E-state index contributed by atoms with van der Waals surface area (Å²) in [6, 6.07) is 7.88. The Kier molecular flexibility index (Phi) is 5.64. The van der Waals surface area contributed by atoms with Gasteiger partial charge in [-0.05, 0) is 17.7 Å². The van der Waals surface area contributed by atoms with Crippen molar-refractivity contribution >= 4 is 35.5 Å². The van der Waals surface area contributed by atoms with Gasteiger partial charge in [-0.2, -0.15) is 5.10 Å². The molecule has 1 aromatic carbocycles. The number of hydrazone groups is 1. The molecule has 0 aliphatic carbocycles. The van der Waals surface area contributed by atoms with Gasteiger partial charge in [0.15, 0.2) is 5.50 Å². The minimum absolute atomic E-state index is 0.292. The third kappa shape index (κ3) is 4.75. The molecule has 1 aliphatic heterocycles. The molecule has 0 saturated carbocycles. The summed E-state index contributed by atoms with van der Waals surface area (Å²) in [5.74, 6) is -0.892. The van der Waals surface area contributed by atoms with E-state index in [-0.39, 0.29) is 5.91 Å². The normalized spacial score (nSPS) is 19.0. The summed E-state index contributed by atoms with van der Waals surface area (Å²) in [7, 11) is 5.21. The number of nitrogens with zero attached hydrogens (tertiary/aromatic N) is 2. The highest BCUT2D eigenvalue weighted by atomic mass is 32.2. The zero-order valence-corrected chi connectivity index (χ0v) is 13.9. The summed E-state index contributed by atoms with van der Waals surface area (Å²) >= 11 is 1.17. The lowest BCUT2D eigenvalue weighted by Gasteiger charge is -2.11. The van der Waals surface area contributed by atoms with Crippen molar-refractivity contribution in [3.05, 3.63) is 40.8 Å². The molecule has 8 heteroatoms. The van der Waals surface area contributed by atoms with E-state index in [1.165, 1.54) is 18.9 Å². The number of esters is 1. The fraction of sp³-hybridized carbons (Fsp3) is 0.267. The van der Waals surface area contributed by atoms with E-state index in [0.717, 1.165) is 17.3 Å². The van der Waals surface area contributed by atoms with E-state index in [0.29, 0.717) is 4.91 Å². The summed E-state index contributed by atoms with van der Waals surface area (Å²) in [4.78, 5) is 25.1. The van der Waals surface area contributed by atoms with E-state index >= 15 is 0 Å². The van der Waals surface area contributed by atoms with Crippen LogP contribution in [-0.4, -0.2) is 44.8 Å². The van der Waals surface area contributed by atoms with Crippen molar-refractivity contribution in [1.29, 1.82) is 0 Å². The van der Waals surface area contributed by atoms with Crippen molar-refractivity contribution in [1.82, 2.24) is 10.7 Å². The standard InChI is InChI=1S/C15H18N4O3S/c1-19(2)11-6-4-10(5-7-11)9-16-18-15-17-14(21)12(23-15)8-13(20)22-3/h4-9,15,18H,1-3H3,(H,17,21)/b12-8+,16-9+.